The minimum Gasteiger partial charge on any atom is -0.375 e. The van der Waals surface area contributed by atoms with Crippen LogP contribution in [0.4, 0.5) is 5.69 Å². The van der Waals surface area contributed by atoms with E-state index in [9.17, 15) is 14.7 Å². The second kappa shape index (κ2) is 7.98. The summed E-state index contributed by atoms with van der Waals surface area (Å²) in [7, 11) is 0. The Hall–Kier alpha value is -2.92. The largest absolute Gasteiger partial charge is 0.375 e. The lowest BCUT2D eigenvalue weighted by Crippen LogP contribution is -2.37. The first-order chi connectivity index (χ1) is 13.3. The molecule has 0 bridgehead atoms. The Bertz CT molecular complexity index is 1020. The third-order valence-corrected chi connectivity index (χ3v) is 4.72. The van der Waals surface area contributed by atoms with Crippen LogP contribution in [-0.4, -0.2) is 22.6 Å². The Morgan fingerprint density at radius 3 is 2.68 bits per heavy atom. The molecule has 2 amide bonds. The van der Waals surface area contributed by atoms with Crippen molar-refractivity contribution >= 4 is 46.4 Å². The van der Waals surface area contributed by atoms with Crippen LogP contribution in [0.2, 0.25) is 10.0 Å². The average molecular weight is 417 g/mol. The van der Waals surface area contributed by atoms with Gasteiger partial charge in [0.15, 0.2) is 5.60 Å². The molecule has 28 heavy (non-hydrogen) atoms. The maximum Gasteiger partial charge on any atom is 0.261 e. The number of amides is 2. The molecule has 1 aliphatic heterocycles. The van der Waals surface area contributed by atoms with Crippen molar-refractivity contribution in [3.63, 3.8) is 0 Å². The highest BCUT2D eigenvalue weighted by Crippen LogP contribution is 2.44. The van der Waals surface area contributed by atoms with Gasteiger partial charge in [0.25, 0.3) is 11.8 Å². The molecule has 0 saturated carbocycles. The van der Waals surface area contributed by atoms with E-state index in [1.807, 2.05) is 0 Å². The fourth-order valence-corrected chi connectivity index (χ4v) is 3.40. The summed E-state index contributed by atoms with van der Waals surface area (Å²) >= 11 is 12.2. The van der Waals surface area contributed by atoms with Gasteiger partial charge < -0.3 is 10.4 Å². The molecule has 1 aliphatic rings. The van der Waals surface area contributed by atoms with Crippen molar-refractivity contribution in [2.24, 2.45) is 5.10 Å². The summed E-state index contributed by atoms with van der Waals surface area (Å²) in [5.74, 6) is -1.29. The van der Waals surface area contributed by atoms with Crippen LogP contribution in [-0.2, 0) is 15.2 Å². The second-order valence-electron chi connectivity index (χ2n) is 6.10. The Kier molecular flexibility index (Phi) is 5.66. The Balaban J connectivity index is 2.02. The Morgan fingerprint density at radius 2 is 2.00 bits per heavy atom. The van der Waals surface area contributed by atoms with Crippen molar-refractivity contribution in [3.05, 3.63) is 63.6 Å². The number of hydrogen-bond acceptors (Lipinski definition) is 5. The molecule has 2 aromatic carbocycles. The molecular formula is C19H14Cl2N4O3. The summed E-state index contributed by atoms with van der Waals surface area (Å²) in [6.07, 6.45) is -0.621. The Morgan fingerprint density at radius 1 is 1.29 bits per heavy atom. The zero-order valence-corrected chi connectivity index (χ0v) is 15.9. The first kappa shape index (κ1) is 19.8. The number of carbonyl (C=O) groups is 2. The minimum atomic E-state index is -1.99. The lowest BCUT2D eigenvalue weighted by Gasteiger charge is -2.22. The highest BCUT2D eigenvalue weighted by molar-refractivity contribution is 6.37. The van der Waals surface area contributed by atoms with E-state index >= 15 is 0 Å². The molecule has 0 aliphatic carbocycles. The normalized spacial score (nSPS) is 18.2. The molecule has 2 aromatic rings. The van der Waals surface area contributed by atoms with E-state index in [1.165, 1.54) is 12.1 Å². The number of aliphatic hydroxyl groups is 1. The van der Waals surface area contributed by atoms with E-state index < -0.39 is 17.4 Å². The zero-order valence-electron chi connectivity index (χ0n) is 14.4. The molecule has 142 valence electrons. The fraction of sp³-hybridized carbons (Fsp3) is 0.158. The maximum absolute atomic E-state index is 12.6. The number of hydrazone groups is 1. The molecule has 0 spiro atoms. The van der Waals surface area contributed by atoms with Gasteiger partial charge in [0, 0.05) is 17.0 Å². The van der Waals surface area contributed by atoms with Gasteiger partial charge in [-0.15, -0.1) is 0 Å². The number of fused-ring (bicyclic) bond motifs is 1. The predicted molar refractivity (Wildman–Crippen MR) is 105 cm³/mol. The smallest absolute Gasteiger partial charge is 0.261 e. The third kappa shape index (κ3) is 3.85. The molecule has 3 N–H and O–H groups in total. The van der Waals surface area contributed by atoms with Gasteiger partial charge in [0.05, 0.1) is 22.5 Å². The summed E-state index contributed by atoms with van der Waals surface area (Å²) in [5.41, 5.74) is 1.61. The molecule has 3 rings (SSSR count). The average Bonchev–Trinajstić information content (AvgIpc) is 2.91. The van der Waals surface area contributed by atoms with E-state index in [0.29, 0.717) is 5.56 Å². The lowest BCUT2D eigenvalue weighted by molar-refractivity contribution is -0.132. The summed E-state index contributed by atoms with van der Waals surface area (Å²) in [5, 5.41) is 26.9. The van der Waals surface area contributed by atoms with Gasteiger partial charge in [-0.05, 0) is 17.7 Å². The highest BCUT2D eigenvalue weighted by Gasteiger charge is 2.47. The number of carbonyl (C=O) groups excluding carboxylic acids is 2. The number of nitrogens with zero attached hydrogens (tertiary/aromatic N) is 2. The van der Waals surface area contributed by atoms with Crippen LogP contribution < -0.4 is 10.7 Å². The van der Waals surface area contributed by atoms with Gasteiger partial charge in [0.1, 0.15) is 6.42 Å². The van der Waals surface area contributed by atoms with Crippen LogP contribution in [0.15, 0.2) is 47.6 Å². The minimum absolute atomic E-state index is 0.201. The van der Waals surface area contributed by atoms with Crippen molar-refractivity contribution in [3.8, 4) is 6.07 Å². The first-order valence-corrected chi connectivity index (χ1v) is 8.92. The van der Waals surface area contributed by atoms with Crippen LogP contribution in [0.1, 0.15) is 24.0 Å². The number of halogens is 2. The number of nitriles is 1. The molecule has 1 heterocycles. The van der Waals surface area contributed by atoms with Crippen molar-refractivity contribution in [2.75, 3.05) is 5.32 Å². The van der Waals surface area contributed by atoms with Gasteiger partial charge in [-0.3, -0.25) is 9.59 Å². The van der Waals surface area contributed by atoms with Crippen LogP contribution in [0.5, 0.6) is 0 Å². The summed E-state index contributed by atoms with van der Waals surface area (Å²) in [4.78, 5) is 24.2. The number of nitrogens with one attached hydrogen (secondary N) is 2. The summed E-state index contributed by atoms with van der Waals surface area (Å²) in [6, 6.07) is 13.4. The quantitative estimate of drug-likeness (QED) is 0.513. The molecule has 0 fully saturated rings. The van der Waals surface area contributed by atoms with Crippen molar-refractivity contribution in [2.45, 2.75) is 18.4 Å². The number of hydrogen-bond donors (Lipinski definition) is 3. The maximum atomic E-state index is 12.6. The number of rotatable bonds is 5. The lowest BCUT2D eigenvalue weighted by atomic mass is 9.87. The van der Waals surface area contributed by atoms with E-state index in [-0.39, 0.29) is 39.8 Å². The van der Waals surface area contributed by atoms with E-state index in [4.69, 9.17) is 28.5 Å². The zero-order chi connectivity index (χ0) is 20.3. The van der Waals surface area contributed by atoms with Gasteiger partial charge in [-0.1, -0.05) is 53.5 Å². The van der Waals surface area contributed by atoms with Gasteiger partial charge in [-0.2, -0.15) is 10.4 Å². The molecule has 0 aromatic heterocycles. The molecule has 0 unspecified atom stereocenters. The van der Waals surface area contributed by atoms with Crippen molar-refractivity contribution in [1.82, 2.24) is 5.43 Å². The standard InChI is InChI=1S/C19H14Cl2N4O3/c20-12-8-13-17(14(21)9-12)23-18(27)19(13,28)10-15(11-4-2-1-3-5-11)24-25-16(26)6-7-22/h1-5,8-9,28H,6,10H2,(H,23,27)(H,25,26)/b24-15+/t19-/m1/s1. The number of benzene rings is 2. The highest BCUT2D eigenvalue weighted by atomic mass is 35.5. The topological polar surface area (TPSA) is 115 Å². The Labute approximate surface area is 170 Å². The molecule has 9 heteroatoms. The summed E-state index contributed by atoms with van der Waals surface area (Å²) in [6.45, 7) is 0. The van der Waals surface area contributed by atoms with E-state index in [0.717, 1.165) is 0 Å². The monoisotopic (exact) mass is 416 g/mol. The van der Waals surface area contributed by atoms with E-state index in [1.54, 1.807) is 36.4 Å². The van der Waals surface area contributed by atoms with Crippen molar-refractivity contribution < 1.29 is 14.7 Å². The van der Waals surface area contributed by atoms with Crippen LogP contribution in [0.25, 0.3) is 0 Å². The molecule has 1 atom stereocenters. The second-order valence-corrected chi connectivity index (χ2v) is 6.94. The van der Waals surface area contributed by atoms with Crippen LogP contribution >= 0.6 is 23.2 Å². The molecule has 0 saturated heterocycles. The third-order valence-electron chi connectivity index (χ3n) is 4.20. The van der Waals surface area contributed by atoms with Gasteiger partial charge >= 0.3 is 0 Å². The van der Waals surface area contributed by atoms with Gasteiger partial charge in [0.2, 0.25) is 0 Å². The molecular weight excluding hydrogens is 403 g/mol. The van der Waals surface area contributed by atoms with Crippen LogP contribution in [0, 0.1) is 11.3 Å². The number of anilines is 1. The molecule has 0 radical (unpaired) electrons. The summed E-state index contributed by atoms with van der Waals surface area (Å²) < 4.78 is 0. The van der Waals surface area contributed by atoms with Crippen molar-refractivity contribution in [1.29, 1.82) is 5.26 Å². The van der Waals surface area contributed by atoms with E-state index in [2.05, 4.69) is 15.8 Å². The predicted octanol–water partition coefficient (Wildman–Crippen LogP) is 2.96. The van der Waals surface area contributed by atoms with Gasteiger partial charge in [-0.25, -0.2) is 5.43 Å². The van der Waals surface area contributed by atoms with Crippen LogP contribution in [0.3, 0.4) is 0 Å². The fourth-order valence-electron chi connectivity index (χ4n) is 2.86. The SMILES string of the molecule is N#CCC(=O)N/N=C(\C[C@]1(O)C(=O)Nc2c(Cl)cc(Cl)cc21)c1ccccc1. The molecule has 7 nitrogen and oxygen atoms in total. The first-order valence-electron chi connectivity index (χ1n) is 8.16.